The Morgan fingerprint density at radius 1 is 1.10 bits per heavy atom. The molecule has 3 N–H and O–H groups in total. The number of benzene rings is 2. The number of nitrogens with one attached hydrogen (secondary N) is 1. The summed E-state index contributed by atoms with van der Waals surface area (Å²) in [6.07, 6.45) is 0.213. The van der Waals surface area contributed by atoms with Gasteiger partial charge in [0.2, 0.25) is 0 Å². The van der Waals surface area contributed by atoms with Crippen molar-refractivity contribution in [2.75, 3.05) is 25.0 Å². The number of hydrogen-bond donors (Lipinski definition) is 3. The highest BCUT2D eigenvalue weighted by Gasteiger charge is 2.32. The smallest absolute Gasteiger partial charge is 0.260 e. The third-order valence-electron chi connectivity index (χ3n) is 6.03. The topological polar surface area (TPSA) is 82.0 Å². The number of piperidine rings is 1. The van der Waals surface area contributed by atoms with Crippen LogP contribution in [0.25, 0.3) is 11.3 Å². The van der Waals surface area contributed by atoms with E-state index in [-0.39, 0.29) is 5.91 Å². The maximum Gasteiger partial charge on any atom is 0.260 e. The highest BCUT2D eigenvalue weighted by Crippen LogP contribution is 2.41. The minimum absolute atomic E-state index is 0.121. The number of carbonyl (C=O) groups is 1. The number of nitrogens with zero attached hydrogens (tertiary/aromatic N) is 1. The molecule has 2 atom stereocenters. The number of fused-ring (bicyclic) bond motifs is 2. The van der Waals surface area contributed by atoms with Crippen LogP contribution in [0.4, 0.5) is 5.69 Å². The summed E-state index contributed by atoms with van der Waals surface area (Å²) in [5, 5.41) is 22.4. The molecule has 0 aliphatic carbocycles. The second-order valence-electron chi connectivity index (χ2n) is 7.96. The van der Waals surface area contributed by atoms with Gasteiger partial charge in [0, 0.05) is 42.0 Å². The Hall–Kier alpha value is -2.67. The predicted octanol–water partition coefficient (Wildman–Crippen LogP) is 2.01. The van der Waals surface area contributed by atoms with E-state index in [2.05, 4.69) is 22.3 Å². The van der Waals surface area contributed by atoms with Gasteiger partial charge in [-0.1, -0.05) is 36.4 Å². The molecule has 2 aromatic rings. The lowest BCUT2D eigenvalue weighted by atomic mass is 9.98. The third-order valence-corrected chi connectivity index (χ3v) is 6.03. The van der Waals surface area contributed by atoms with Crippen molar-refractivity contribution >= 4 is 22.9 Å². The van der Waals surface area contributed by atoms with Crippen molar-refractivity contribution in [3.8, 4) is 0 Å². The number of aliphatic hydroxyl groups excluding tert-OH is 2. The number of anilines is 1. The van der Waals surface area contributed by atoms with E-state index >= 15 is 0 Å². The third kappa shape index (κ3) is 3.33. The van der Waals surface area contributed by atoms with Gasteiger partial charge in [0.05, 0.1) is 17.8 Å². The summed E-state index contributed by atoms with van der Waals surface area (Å²) in [5.74, 6) is 0.533. The number of amides is 1. The molecule has 1 amide bonds. The zero-order chi connectivity index (χ0) is 20.0. The fourth-order valence-electron chi connectivity index (χ4n) is 4.40. The zero-order valence-electron chi connectivity index (χ0n) is 16.1. The SMILES string of the molecule is O=C1Nc2ccccc2/C1=C1\OCc2cc(CCN3CC[C@@H](O)[C@@H](O)C3)ccc21. The summed E-state index contributed by atoms with van der Waals surface area (Å²) in [6.45, 7) is 2.62. The maximum absolute atomic E-state index is 12.5. The Balaban J connectivity index is 1.35. The maximum atomic E-state index is 12.5. The van der Waals surface area contributed by atoms with Crippen LogP contribution >= 0.6 is 0 Å². The van der Waals surface area contributed by atoms with Gasteiger partial charge in [-0.25, -0.2) is 0 Å². The molecule has 0 aromatic heterocycles. The van der Waals surface area contributed by atoms with E-state index in [0.29, 0.717) is 30.9 Å². The van der Waals surface area contributed by atoms with Gasteiger partial charge in [-0.3, -0.25) is 4.79 Å². The van der Waals surface area contributed by atoms with Crippen molar-refractivity contribution in [3.05, 3.63) is 64.7 Å². The number of likely N-dealkylation sites (tertiary alicyclic amines) is 1. The summed E-state index contributed by atoms with van der Waals surface area (Å²) in [6, 6.07) is 14.0. The van der Waals surface area contributed by atoms with Crippen molar-refractivity contribution in [1.29, 1.82) is 0 Å². The van der Waals surface area contributed by atoms with E-state index in [0.717, 1.165) is 41.9 Å². The highest BCUT2D eigenvalue weighted by molar-refractivity contribution is 6.36. The minimum atomic E-state index is -0.660. The molecule has 3 heterocycles. The molecule has 150 valence electrons. The normalized spacial score (nSPS) is 26.1. The number of carbonyl (C=O) groups excluding carboxylic acids is 1. The van der Waals surface area contributed by atoms with Crippen LogP contribution < -0.4 is 5.32 Å². The highest BCUT2D eigenvalue weighted by atomic mass is 16.5. The van der Waals surface area contributed by atoms with Crippen molar-refractivity contribution in [3.63, 3.8) is 0 Å². The minimum Gasteiger partial charge on any atom is -0.487 e. The molecular weight excluding hydrogens is 368 g/mol. The lowest BCUT2D eigenvalue weighted by Crippen LogP contribution is -2.47. The lowest BCUT2D eigenvalue weighted by molar-refractivity contribution is -0.110. The largest absolute Gasteiger partial charge is 0.487 e. The molecule has 1 fully saturated rings. The number of para-hydroxylation sites is 1. The molecule has 0 spiro atoms. The van der Waals surface area contributed by atoms with Crippen molar-refractivity contribution in [2.24, 2.45) is 0 Å². The standard InChI is InChI=1S/C23H24N2O4/c26-19-8-10-25(12-20(19)27)9-7-14-5-6-16-15(11-14)13-29-22(16)21-17-3-1-2-4-18(17)24-23(21)28/h1-6,11,19-20,26-27H,7-10,12-13H2,(H,24,28)/b22-21+/t19-,20+/m1/s1. The van der Waals surface area contributed by atoms with Gasteiger partial charge in [-0.05, 0) is 24.5 Å². The molecule has 6 heteroatoms. The van der Waals surface area contributed by atoms with Gasteiger partial charge in [0.15, 0.2) is 0 Å². The number of aliphatic hydroxyl groups is 2. The Labute approximate surface area is 169 Å². The van der Waals surface area contributed by atoms with Crippen molar-refractivity contribution < 1.29 is 19.7 Å². The van der Waals surface area contributed by atoms with E-state index in [9.17, 15) is 15.0 Å². The first-order valence-electron chi connectivity index (χ1n) is 10.1. The quantitative estimate of drug-likeness (QED) is 0.696. The summed E-state index contributed by atoms with van der Waals surface area (Å²) < 4.78 is 5.96. The van der Waals surface area contributed by atoms with Crippen molar-refractivity contribution in [1.82, 2.24) is 4.90 Å². The van der Waals surface area contributed by atoms with E-state index in [1.165, 1.54) is 5.56 Å². The molecule has 0 saturated carbocycles. The van der Waals surface area contributed by atoms with Crippen molar-refractivity contribution in [2.45, 2.75) is 31.7 Å². The van der Waals surface area contributed by atoms with Gasteiger partial charge in [0.25, 0.3) is 5.91 Å². The fraction of sp³-hybridized carbons (Fsp3) is 0.348. The van der Waals surface area contributed by atoms with Crippen LogP contribution in [-0.4, -0.2) is 52.9 Å². The Kier molecular flexibility index (Phi) is 4.62. The van der Waals surface area contributed by atoms with E-state index < -0.39 is 12.2 Å². The van der Waals surface area contributed by atoms with Crippen LogP contribution in [-0.2, 0) is 22.6 Å². The molecule has 1 saturated heterocycles. The first-order chi connectivity index (χ1) is 14.1. The van der Waals surface area contributed by atoms with Crippen LogP contribution in [0.3, 0.4) is 0 Å². The number of ether oxygens (including phenoxy) is 1. The number of β-amino-alcohol motifs (C(OH)–C–C–N with tert-alkyl or cyclic N) is 1. The van der Waals surface area contributed by atoms with Gasteiger partial charge in [-0.15, -0.1) is 0 Å². The molecule has 6 nitrogen and oxygen atoms in total. The first-order valence-corrected chi connectivity index (χ1v) is 10.1. The van der Waals surface area contributed by atoms with E-state index in [1.54, 1.807) is 0 Å². The summed E-state index contributed by atoms with van der Waals surface area (Å²) in [7, 11) is 0. The average molecular weight is 392 g/mol. The molecule has 2 aromatic carbocycles. The van der Waals surface area contributed by atoms with Gasteiger partial charge in [0.1, 0.15) is 12.4 Å². The van der Waals surface area contributed by atoms with Crippen LogP contribution in [0.15, 0.2) is 42.5 Å². The Morgan fingerprint density at radius 3 is 2.83 bits per heavy atom. The molecule has 3 aliphatic heterocycles. The first kappa shape index (κ1) is 18.4. The van der Waals surface area contributed by atoms with Gasteiger partial charge >= 0.3 is 0 Å². The van der Waals surface area contributed by atoms with E-state index in [1.807, 2.05) is 30.3 Å². The van der Waals surface area contributed by atoms with E-state index in [4.69, 9.17) is 4.74 Å². The van der Waals surface area contributed by atoms with Crippen LogP contribution in [0, 0.1) is 0 Å². The Bertz CT molecular complexity index is 1000. The fourth-order valence-corrected chi connectivity index (χ4v) is 4.40. The monoisotopic (exact) mass is 392 g/mol. The molecule has 5 rings (SSSR count). The second-order valence-corrected chi connectivity index (χ2v) is 7.96. The second kappa shape index (κ2) is 7.30. The summed E-state index contributed by atoms with van der Waals surface area (Å²) >= 11 is 0. The average Bonchev–Trinajstić information content (AvgIpc) is 3.28. The molecule has 0 unspecified atom stereocenters. The molecular formula is C23H24N2O4. The molecule has 29 heavy (non-hydrogen) atoms. The summed E-state index contributed by atoms with van der Waals surface area (Å²) in [5.41, 5.74) is 5.59. The molecule has 0 bridgehead atoms. The molecule has 3 aliphatic rings. The van der Waals surface area contributed by atoms with Crippen LogP contribution in [0.5, 0.6) is 0 Å². The van der Waals surface area contributed by atoms with Crippen LogP contribution in [0.1, 0.15) is 28.7 Å². The van der Waals surface area contributed by atoms with Gasteiger partial charge in [-0.2, -0.15) is 0 Å². The number of hydrogen-bond acceptors (Lipinski definition) is 5. The number of rotatable bonds is 3. The predicted molar refractivity (Wildman–Crippen MR) is 110 cm³/mol. The lowest BCUT2D eigenvalue weighted by Gasteiger charge is -2.33. The van der Waals surface area contributed by atoms with Gasteiger partial charge < -0.3 is 25.2 Å². The van der Waals surface area contributed by atoms with Crippen LogP contribution in [0.2, 0.25) is 0 Å². The zero-order valence-corrected chi connectivity index (χ0v) is 16.1. The Morgan fingerprint density at radius 2 is 1.97 bits per heavy atom. The summed E-state index contributed by atoms with van der Waals surface area (Å²) in [4.78, 5) is 14.7. The molecule has 0 radical (unpaired) electrons.